The molecule has 5 rings (SSSR count). The number of imide groups is 2. The summed E-state index contributed by atoms with van der Waals surface area (Å²) in [6, 6.07) is 15.1. The van der Waals surface area contributed by atoms with Crippen LogP contribution in [0.2, 0.25) is 0 Å². The van der Waals surface area contributed by atoms with Crippen LogP contribution in [0.4, 0.5) is 4.79 Å². The van der Waals surface area contributed by atoms with Crippen molar-refractivity contribution in [2.45, 2.75) is 18.9 Å². The minimum absolute atomic E-state index is 0.0652. The third-order valence-corrected chi connectivity index (χ3v) is 5.88. The highest BCUT2D eigenvalue weighted by Crippen LogP contribution is 2.30. The number of fused-ring (bicyclic) bond motifs is 1. The predicted octanol–water partition coefficient (Wildman–Crippen LogP) is 3.04. The van der Waals surface area contributed by atoms with Crippen molar-refractivity contribution in [2.24, 2.45) is 0 Å². The third kappa shape index (κ3) is 4.71. The van der Waals surface area contributed by atoms with Gasteiger partial charge in [-0.25, -0.2) is 9.48 Å². The first kappa shape index (κ1) is 23.9. The molecule has 4 amide bonds. The van der Waals surface area contributed by atoms with Crippen LogP contribution in [0.25, 0.3) is 16.6 Å². The van der Waals surface area contributed by atoms with Crippen LogP contribution in [-0.2, 0) is 14.3 Å². The van der Waals surface area contributed by atoms with E-state index in [9.17, 15) is 14.4 Å². The maximum Gasteiger partial charge on any atom is 0.328 e. The van der Waals surface area contributed by atoms with Gasteiger partial charge < -0.3 is 14.2 Å². The van der Waals surface area contributed by atoms with Gasteiger partial charge in [0, 0.05) is 24.6 Å². The number of carbonyl (C=O) groups excluding carboxylic acids is 3. The van der Waals surface area contributed by atoms with E-state index in [1.54, 1.807) is 36.7 Å². The van der Waals surface area contributed by atoms with Crippen molar-refractivity contribution >= 4 is 28.7 Å². The van der Waals surface area contributed by atoms with E-state index >= 15 is 0 Å². The lowest BCUT2D eigenvalue weighted by Gasteiger charge is -2.34. The van der Waals surface area contributed by atoms with Crippen molar-refractivity contribution in [2.75, 3.05) is 13.7 Å². The summed E-state index contributed by atoms with van der Waals surface area (Å²) in [5, 5.41) is 9.51. The number of benzene rings is 2. The number of aromatic nitrogens is 3. The van der Waals surface area contributed by atoms with Crippen molar-refractivity contribution in [1.29, 1.82) is 0 Å². The zero-order chi connectivity index (χ0) is 26.0. The summed E-state index contributed by atoms with van der Waals surface area (Å²) < 4.78 is 18.6. The highest BCUT2D eigenvalue weighted by atomic mass is 16.5. The number of nitrogens with zero attached hydrogens (tertiary/aromatic N) is 3. The van der Waals surface area contributed by atoms with Crippen LogP contribution in [0.3, 0.4) is 0 Å². The Balaban J connectivity index is 1.32. The number of carbonyl (C=O) groups is 3. The molecule has 2 N–H and O–H groups in total. The minimum atomic E-state index is -1.94. The van der Waals surface area contributed by atoms with Crippen LogP contribution >= 0.6 is 0 Å². The SMILES string of the molecule is COCCC1(Oc2ccc(Oc3ccc4c(cnn4-c4ccc(C)nc4)c3)cc2)C(=O)NC(=O)NC1=O. The summed E-state index contributed by atoms with van der Waals surface area (Å²) >= 11 is 0. The van der Waals surface area contributed by atoms with Gasteiger partial charge in [0.25, 0.3) is 17.4 Å². The molecule has 0 atom stereocenters. The number of ether oxygens (including phenoxy) is 3. The Labute approximate surface area is 211 Å². The van der Waals surface area contributed by atoms with Crippen molar-refractivity contribution in [3.8, 4) is 22.9 Å². The van der Waals surface area contributed by atoms with Crippen molar-refractivity contribution in [3.63, 3.8) is 0 Å². The lowest BCUT2D eigenvalue weighted by atomic mass is 9.95. The maximum atomic E-state index is 12.6. The Morgan fingerprint density at radius 1 is 0.892 bits per heavy atom. The summed E-state index contributed by atoms with van der Waals surface area (Å²) in [5.41, 5.74) is 0.756. The van der Waals surface area contributed by atoms with Crippen LogP contribution < -0.4 is 20.1 Å². The summed E-state index contributed by atoms with van der Waals surface area (Å²) in [6.45, 7) is 1.99. The summed E-state index contributed by atoms with van der Waals surface area (Å²) in [7, 11) is 1.44. The van der Waals surface area contributed by atoms with Crippen LogP contribution in [0, 0.1) is 6.92 Å². The van der Waals surface area contributed by atoms with Crippen molar-refractivity contribution < 1.29 is 28.6 Å². The Bertz CT molecular complexity index is 1460. The van der Waals surface area contributed by atoms with Gasteiger partial charge in [-0.15, -0.1) is 0 Å². The van der Waals surface area contributed by atoms with Gasteiger partial charge >= 0.3 is 6.03 Å². The zero-order valence-corrected chi connectivity index (χ0v) is 20.1. The smallest absolute Gasteiger partial charge is 0.328 e. The number of hydrogen-bond acceptors (Lipinski definition) is 8. The number of nitrogens with one attached hydrogen (secondary N) is 2. The molecule has 1 fully saturated rings. The van der Waals surface area contributed by atoms with E-state index in [1.807, 2.05) is 41.9 Å². The quantitative estimate of drug-likeness (QED) is 0.352. The van der Waals surface area contributed by atoms with Gasteiger partial charge in [0.1, 0.15) is 17.2 Å². The molecule has 11 nitrogen and oxygen atoms in total. The van der Waals surface area contributed by atoms with E-state index in [4.69, 9.17) is 14.2 Å². The number of urea groups is 1. The molecule has 0 unspecified atom stereocenters. The van der Waals surface area contributed by atoms with E-state index in [1.165, 1.54) is 7.11 Å². The molecule has 2 aromatic heterocycles. The Morgan fingerprint density at radius 3 is 2.27 bits per heavy atom. The second-order valence-corrected chi connectivity index (χ2v) is 8.42. The summed E-state index contributed by atoms with van der Waals surface area (Å²) in [5.74, 6) is -0.348. The second kappa shape index (κ2) is 9.70. The first-order chi connectivity index (χ1) is 17.9. The lowest BCUT2D eigenvalue weighted by molar-refractivity contribution is -0.153. The van der Waals surface area contributed by atoms with Crippen LogP contribution in [-0.4, -0.2) is 51.9 Å². The second-order valence-electron chi connectivity index (χ2n) is 8.42. The highest BCUT2D eigenvalue weighted by molar-refractivity contribution is 6.21. The third-order valence-electron chi connectivity index (χ3n) is 5.88. The highest BCUT2D eigenvalue weighted by Gasteiger charge is 2.52. The van der Waals surface area contributed by atoms with Crippen molar-refractivity contribution in [3.05, 3.63) is 72.7 Å². The van der Waals surface area contributed by atoms with Gasteiger partial charge in [-0.3, -0.25) is 25.2 Å². The largest absolute Gasteiger partial charge is 0.467 e. The molecular weight excluding hydrogens is 478 g/mol. The first-order valence-corrected chi connectivity index (χ1v) is 11.4. The molecule has 11 heteroatoms. The Kier molecular flexibility index (Phi) is 6.28. The van der Waals surface area contributed by atoms with Gasteiger partial charge in [0.05, 0.1) is 30.2 Å². The van der Waals surface area contributed by atoms with Crippen molar-refractivity contribution in [1.82, 2.24) is 25.4 Å². The number of pyridine rings is 1. The molecule has 0 saturated carbocycles. The molecule has 37 heavy (non-hydrogen) atoms. The van der Waals surface area contributed by atoms with Gasteiger partial charge in [-0.2, -0.15) is 5.10 Å². The molecule has 1 aliphatic heterocycles. The minimum Gasteiger partial charge on any atom is -0.467 e. The molecule has 0 bridgehead atoms. The number of amides is 4. The summed E-state index contributed by atoms with van der Waals surface area (Å²) in [4.78, 5) is 41.0. The fourth-order valence-electron chi connectivity index (χ4n) is 3.94. The molecule has 0 aliphatic carbocycles. The normalized spacial score (nSPS) is 14.8. The fraction of sp³-hybridized carbons (Fsp3) is 0.192. The van der Waals surface area contributed by atoms with E-state index < -0.39 is 23.4 Å². The molecule has 1 aliphatic rings. The zero-order valence-electron chi connectivity index (χ0n) is 20.1. The van der Waals surface area contributed by atoms with Crippen LogP contribution in [0.5, 0.6) is 17.2 Å². The number of barbiturate groups is 1. The maximum absolute atomic E-state index is 12.6. The number of aryl methyl sites for hydroxylation is 1. The molecule has 4 aromatic rings. The number of rotatable bonds is 8. The molecule has 3 heterocycles. The van der Waals surface area contributed by atoms with E-state index in [0.29, 0.717) is 11.5 Å². The topological polar surface area (TPSA) is 134 Å². The van der Waals surface area contributed by atoms with E-state index in [2.05, 4.69) is 20.7 Å². The molecule has 188 valence electrons. The van der Waals surface area contributed by atoms with E-state index in [0.717, 1.165) is 22.3 Å². The Morgan fingerprint density at radius 2 is 1.59 bits per heavy atom. The van der Waals surface area contributed by atoms with Gasteiger partial charge in [0.15, 0.2) is 0 Å². The average Bonchev–Trinajstić information content (AvgIpc) is 3.30. The van der Waals surface area contributed by atoms with Gasteiger partial charge in [-0.1, -0.05) is 0 Å². The fourth-order valence-corrected chi connectivity index (χ4v) is 3.94. The lowest BCUT2D eigenvalue weighted by Crippen LogP contribution is -2.69. The standard InChI is InChI=1S/C26H23N5O6/c1-16-3-4-18(15-27-16)31-22-10-9-21(13-17(22)14-28-31)36-19-5-7-20(8-6-19)37-26(11-12-35-2)23(32)29-25(34)30-24(26)33/h3-10,13-15H,11-12H2,1-2H3,(H2,29,30,32,33,34). The number of hydrogen-bond donors (Lipinski definition) is 2. The predicted molar refractivity (Wildman–Crippen MR) is 132 cm³/mol. The Hall–Kier alpha value is -4.77. The molecular formula is C26H23N5O6. The molecule has 2 aromatic carbocycles. The van der Waals surface area contributed by atoms with Gasteiger partial charge in [-0.05, 0) is 61.5 Å². The van der Waals surface area contributed by atoms with E-state index in [-0.39, 0.29) is 18.8 Å². The number of methoxy groups -OCH3 is 1. The molecule has 0 radical (unpaired) electrons. The first-order valence-electron chi connectivity index (χ1n) is 11.4. The van der Waals surface area contributed by atoms with Crippen LogP contribution in [0.15, 0.2) is 67.0 Å². The molecule has 0 spiro atoms. The van der Waals surface area contributed by atoms with Crippen LogP contribution in [0.1, 0.15) is 12.1 Å². The molecule has 1 saturated heterocycles. The van der Waals surface area contributed by atoms with Gasteiger partial charge in [0.2, 0.25) is 0 Å². The average molecular weight is 501 g/mol. The monoisotopic (exact) mass is 501 g/mol. The summed E-state index contributed by atoms with van der Waals surface area (Å²) in [6.07, 6.45) is 3.44.